The number of aryl methyl sites for hydroxylation is 5. The Kier molecular flexibility index (Phi) is 34.3. The Morgan fingerprint density at radius 1 is 0.482 bits per heavy atom. The van der Waals surface area contributed by atoms with Crippen LogP contribution in [0, 0.1) is 11.8 Å². The zero-order valence-electron chi connectivity index (χ0n) is 50.1. The Hall–Kier alpha value is -7.57. The predicted molar refractivity (Wildman–Crippen MR) is 325 cm³/mol. The third kappa shape index (κ3) is 26.5. The zero-order chi connectivity index (χ0) is 58.9. The number of benzene rings is 3. The number of aliphatic carboxylic acids is 1. The molecule has 0 radical (unpaired) electrons. The molecule has 6 rings (SSSR count). The van der Waals surface area contributed by atoms with Gasteiger partial charge in [0.1, 0.15) is 46.3 Å². The van der Waals surface area contributed by atoms with E-state index in [-0.39, 0.29) is 70.9 Å². The average Bonchev–Trinajstić information content (AvgIpc) is 3.66. The number of hydrogen-bond acceptors (Lipinski definition) is 19. The van der Waals surface area contributed by atoms with E-state index in [4.69, 9.17) is 36.5 Å². The van der Waals surface area contributed by atoms with Crippen molar-refractivity contribution in [2.45, 2.75) is 137 Å². The van der Waals surface area contributed by atoms with Crippen LogP contribution in [0.1, 0.15) is 143 Å². The van der Waals surface area contributed by atoms with Gasteiger partial charge in [0.05, 0.1) is 50.4 Å². The van der Waals surface area contributed by atoms with Gasteiger partial charge in [0, 0.05) is 55.6 Å². The minimum absolute atomic E-state index is 0. The van der Waals surface area contributed by atoms with Crippen molar-refractivity contribution in [2.75, 3.05) is 74.1 Å². The van der Waals surface area contributed by atoms with Crippen molar-refractivity contribution in [2.24, 2.45) is 0 Å². The molecule has 0 atom stereocenters. The second-order valence-electron chi connectivity index (χ2n) is 19.3. The van der Waals surface area contributed by atoms with E-state index in [1.54, 1.807) is 35.2 Å². The maximum Gasteiger partial charge on any atom is 1.00 e. The molecule has 6 aromatic rings. The molecular formula is C62H85N12NaO8. The molecule has 0 aliphatic heterocycles. The van der Waals surface area contributed by atoms with Crippen molar-refractivity contribution in [1.82, 2.24) is 29.9 Å². The fourth-order valence-corrected chi connectivity index (χ4v) is 8.19. The summed E-state index contributed by atoms with van der Waals surface area (Å²) >= 11 is 0. The number of rotatable bonds is 30. The Balaban J connectivity index is 0.000000420. The number of unbranched alkanes of at least 4 members (excludes halogenated alkanes) is 3. The van der Waals surface area contributed by atoms with Crippen LogP contribution in [-0.2, 0) is 59.3 Å². The van der Waals surface area contributed by atoms with E-state index in [1.807, 2.05) is 60.7 Å². The number of methoxy groups -OCH3 is 3. The predicted octanol–water partition coefficient (Wildman–Crippen LogP) is 6.70. The van der Waals surface area contributed by atoms with Gasteiger partial charge < -0.3 is 67.5 Å². The molecule has 442 valence electrons. The summed E-state index contributed by atoms with van der Waals surface area (Å²) in [6.45, 7) is 12.0. The van der Waals surface area contributed by atoms with Gasteiger partial charge in [-0.2, -0.15) is 15.0 Å². The van der Waals surface area contributed by atoms with Gasteiger partial charge in [-0.05, 0) is 131 Å². The molecule has 3 heterocycles. The Morgan fingerprint density at radius 3 is 1.20 bits per heavy atom. The van der Waals surface area contributed by atoms with Gasteiger partial charge in [-0.1, -0.05) is 76.1 Å². The second kappa shape index (κ2) is 39.8. The number of ketones is 2. The molecule has 0 saturated heterocycles. The third-order valence-corrected chi connectivity index (χ3v) is 12.8. The first-order chi connectivity index (χ1) is 39.1. The molecule has 0 bridgehead atoms. The van der Waals surface area contributed by atoms with Gasteiger partial charge in [0.25, 0.3) is 0 Å². The normalized spacial score (nSPS) is 10.2. The van der Waals surface area contributed by atoms with Crippen LogP contribution in [0.3, 0.4) is 0 Å². The van der Waals surface area contributed by atoms with Crippen LogP contribution in [0.15, 0.2) is 72.8 Å². The number of nitrogens with one attached hydrogen (secondary N) is 3. The summed E-state index contributed by atoms with van der Waals surface area (Å²) in [5, 5.41) is 19.1. The standard InChI is InChI=1S/C21H30N4O2.C21H26N4O2.C20H28N4O3.Na.H2O/c2*1-4-5-14-23-20-18(12-9-16-7-10-17(27-3)11-8-16)19(13-6-15(2)26)24-21(22)25-20;1-3-4-13-22-19-16(10-7-14-5-8-15(27-2)9-6-14)17(11-12-18(25)26)23-20(21)24-19;;/h7-8,10-11H,4-6,9,12-14H2,1-3H3,(H3,22,23,24,25);7-8,10-11H,4-6,13-14H2,1-3H3,(H3,22,23,24,25);5-6,8-9H,3-4,7,10-13H2,1-2H3,(H,25,26)(H3,21,22,23,24);;1H2/q;;;+1;/p-1. The first kappa shape index (κ1) is 71.5. The van der Waals surface area contributed by atoms with Crippen LogP contribution >= 0.6 is 0 Å². The Bertz CT molecular complexity index is 2850. The molecule has 0 fully saturated rings. The van der Waals surface area contributed by atoms with Crippen LogP contribution in [0.2, 0.25) is 0 Å². The molecule has 83 heavy (non-hydrogen) atoms. The zero-order valence-corrected chi connectivity index (χ0v) is 52.1. The summed E-state index contributed by atoms with van der Waals surface area (Å²) in [5.74, 6) is 10.9. The van der Waals surface area contributed by atoms with E-state index in [9.17, 15) is 14.4 Å². The van der Waals surface area contributed by atoms with E-state index in [1.165, 1.54) is 5.56 Å². The monoisotopic (exact) mass is 1150 g/mol. The minimum Gasteiger partial charge on any atom is -0.870 e. The molecule has 0 spiro atoms. The first-order valence-corrected chi connectivity index (χ1v) is 27.9. The smallest absolute Gasteiger partial charge is 0.870 e. The maximum atomic E-state index is 11.4. The number of hydrogen-bond donors (Lipinski definition) is 7. The molecule has 11 N–H and O–H groups in total. The fourth-order valence-electron chi connectivity index (χ4n) is 8.19. The molecule has 21 heteroatoms. The molecule has 0 unspecified atom stereocenters. The van der Waals surface area contributed by atoms with Crippen LogP contribution in [-0.4, -0.2) is 99.0 Å². The van der Waals surface area contributed by atoms with Crippen molar-refractivity contribution in [1.29, 1.82) is 0 Å². The van der Waals surface area contributed by atoms with Gasteiger partial charge in [-0.3, -0.25) is 4.79 Å². The van der Waals surface area contributed by atoms with E-state index < -0.39 is 5.97 Å². The number of carboxylic acid groups (broad SMARTS) is 1. The van der Waals surface area contributed by atoms with Crippen molar-refractivity contribution < 1.29 is 68.7 Å². The Labute approximate surface area is 512 Å². The molecule has 0 aliphatic rings. The summed E-state index contributed by atoms with van der Waals surface area (Å²) in [6, 6.07) is 23.5. The minimum atomic E-state index is -0.853. The number of anilines is 6. The van der Waals surface area contributed by atoms with E-state index >= 15 is 0 Å². The quantitative estimate of drug-likeness (QED) is 0.0140. The molecular weight excluding hydrogens is 1060 g/mol. The number of nitrogens with two attached hydrogens (primary N) is 3. The summed E-state index contributed by atoms with van der Waals surface area (Å²) in [7, 11) is 4.93. The number of carbonyl (C=O) groups is 3. The summed E-state index contributed by atoms with van der Waals surface area (Å²) in [5.41, 5.74) is 25.8. The van der Waals surface area contributed by atoms with Gasteiger partial charge in [-0.15, -0.1) is 0 Å². The van der Waals surface area contributed by atoms with Crippen LogP contribution in [0.25, 0.3) is 0 Å². The summed E-state index contributed by atoms with van der Waals surface area (Å²) in [4.78, 5) is 60.0. The van der Waals surface area contributed by atoms with Gasteiger partial charge in [0.15, 0.2) is 0 Å². The van der Waals surface area contributed by atoms with Crippen molar-refractivity contribution >= 4 is 52.8 Å². The molecule has 3 aromatic heterocycles. The second-order valence-corrected chi connectivity index (χ2v) is 19.3. The number of aromatic nitrogens is 6. The molecule has 0 aliphatic carbocycles. The van der Waals surface area contributed by atoms with E-state index in [0.29, 0.717) is 67.1 Å². The summed E-state index contributed by atoms with van der Waals surface area (Å²) < 4.78 is 15.6. The number of nitrogen functional groups attached to an aromatic ring is 3. The van der Waals surface area contributed by atoms with Gasteiger partial charge in [0.2, 0.25) is 17.8 Å². The van der Waals surface area contributed by atoms with Crippen LogP contribution < -0.4 is 76.9 Å². The number of ether oxygens (including phenoxy) is 3. The van der Waals surface area contributed by atoms with E-state index in [2.05, 4.69) is 90.6 Å². The molecule has 20 nitrogen and oxygen atoms in total. The average molecular weight is 1150 g/mol. The number of nitrogens with zero attached hydrogens (tertiary/aromatic N) is 6. The number of carbonyl (C=O) groups excluding carboxylic acids is 2. The Morgan fingerprint density at radius 2 is 0.831 bits per heavy atom. The summed E-state index contributed by atoms with van der Waals surface area (Å²) in [6.07, 6.45) is 11.7. The van der Waals surface area contributed by atoms with Crippen molar-refractivity contribution in [3.8, 4) is 29.1 Å². The first-order valence-electron chi connectivity index (χ1n) is 27.9. The van der Waals surface area contributed by atoms with Gasteiger partial charge in [-0.25, -0.2) is 15.0 Å². The molecule has 0 saturated carbocycles. The third-order valence-electron chi connectivity index (χ3n) is 12.8. The van der Waals surface area contributed by atoms with Crippen molar-refractivity contribution in [3.05, 3.63) is 123 Å². The van der Waals surface area contributed by atoms with Crippen LogP contribution in [0.4, 0.5) is 35.3 Å². The van der Waals surface area contributed by atoms with Crippen LogP contribution in [0.5, 0.6) is 17.2 Å². The topological polar surface area (TPSA) is 321 Å². The van der Waals surface area contributed by atoms with Crippen molar-refractivity contribution in [3.63, 3.8) is 0 Å². The fraction of sp³-hybridized carbons (Fsp3) is 0.435. The maximum absolute atomic E-state index is 11.4. The molecule has 3 aromatic carbocycles. The van der Waals surface area contributed by atoms with Gasteiger partial charge >= 0.3 is 35.5 Å². The molecule has 0 amide bonds. The largest absolute Gasteiger partial charge is 1.00 e. The number of Topliss-reactive ketones (excluding diaryl/α,β-unsaturated/α-hetero) is 2. The SMILES string of the molecule is CCCCNc1nc(N)nc(CCC(=O)O)c1CCc1ccc(OC)cc1.CCCCNc1nc(N)nc(CCC(C)=O)c1C#Cc1ccc(OC)cc1.CCCCNc1nc(N)nc(CCC(C)=O)c1CCc1ccc(OC)cc1.[Na+].[OH-]. The number of carboxylic acids is 1. The van der Waals surface area contributed by atoms with E-state index in [0.717, 1.165) is 128 Å².